The van der Waals surface area contributed by atoms with Crippen molar-refractivity contribution >= 4 is 17.2 Å². The summed E-state index contributed by atoms with van der Waals surface area (Å²) in [6, 6.07) is 3.77. The largest absolute Gasteiger partial charge is 0.384 e. The van der Waals surface area contributed by atoms with Crippen molar-refractivity contribution < 1.29 is 9.90 Å². The van der Waals surface area contributed by atoms with Gasteiger partial charge in [-0.05, 0) is 12.1 Å². The van der Waals surface area contributed by atoms with Gasteiger partial charge in [0.25, 0.3) is 5.91 Å². The molecule has 6 heteroatoms. The van der Waals surface area contributed by atoms with Crippen LogP contribution in [0.5, 0.6) is 0 Å². The van der Waals surface area contributed by atoms with Gasteiger partial charge < -0.3 is 10.4 Å². The molecule has 1 amide bonds. The topological polar surface area (TPSA) is 78.0 Å². The number of nitrogens with one attached hydrogen (secondary N) is 2. The van der Waals surface area contributed by atoms with E-state index in [4.69, 9.17) is 5.11 Å². The van der Waals surface area contributed by atoms with Crippen molar-refractivity contribution in [2.75, 3.05) is 6.61 Å². The van der Waals surface area contributed by atoms with E-state index in [1.807, 2.05) is 12.1 Å². The molecule has 3 N–H and O–H groups in total. The molecule has 2 heterocycles. The predicted octanol–water partition coefficient (Wildman–Crippen LogP) is 0.745. The molecule has 0 aromatic carbocycles. The van der Waals surface area contributed by atoms with Crippen molar-refractivity contribution in [3.63, 3.8) is 0 Å². The van der Waals surface area contributed by atoms with Gasteiger partial charge in [0.1, 0.15) is 6.61 Å². The minimum absolute atomic E-state index is 0.148. The van der Waals surface area contributed by atoms with E-state index in [9.17, 15) is 4.79 Å². The molecule has 92 valence electrons. The number of hydrogen-bond donors (Lipinski definition) is 3. The molecule has 2 aromatic heterocycles. The zero-order chi connectivity index (χ0) is 12.8. The minimum atomic E-state index is -0.167. The first-order valence-corrected chi connectivity index (χ1v) is 6.06. The molecule has 0 spiro atoms. The highest BCUT2D eigenvalue weighted by Crippen LogP contribution is 2.15. The molecular weight excluding hydrogens is 250 g/mol. The maximum absolute atomic E-state index is 11.6. The van der Waals surface area contributed by atoms with Gasteiger partial charge in [0.2, 0.25) is 0 Å². The summed E-state index contributed by atoms with van der Waals surface area (Å²) in [5.41, 5.74) is 0.506. The highest BCUT2D eigenvalue weighted by atomic mass is 32.1. The molecule has 0 bridgehead atoms. The third kappa shape index (κ3) is 3.20. The molecule has 0 fully saturated rings. The lowest BCUT2D eigenvalue weighted by Gasteiger charge is -2.00. The summed E-state index contributed by atoms with van der Waals surface area (Å²) < 4.78 is 0. The van der Waals surface area contributed by atoms with Crippen LogP contribution in [-0.4, -0.2) is 27.8 Å². The number of carbonyl (C=O) groups is 1. The van der Waals surface area contributed by atoms with Crippen molar-refractivity contribution in [2.45, 2.75) is 6.54 Å². The van der Waals surface area contributed by atoms with Crippen LogP contribution in [0.15, 0.2) is 24.5 Å². The average Bonchev–Trinajstić information content (AvgIpc) is 3.04. The lowest BCUT2D eigenvalue weighted by atomic mass is 10.3. The van der Waals surface area contributed by atoms with Crippen LogP contribution in [0, 0.1) is 11.8 Å². The van der Waals surface area contributed by atoms with Gasteiger partial charge in [-0.1, -0.05) is 11.8 Å². The van der Waals surface area contributed by atoms with Crippen LogP contribution in [0.25, 0.3) is 0 Å². The molecule has 0 unspecified atom stereocenters. The maximum atomic E-state index is 11.6. The van der Waals surface area contributed by atoms with Crippen molar-refractivity contribution in [3.8, 4) is 11.8 Å². The fraction of sp³-hybridized carbons (Fsp3) is 0.167. The van der Waals surface area contributed by atoms with E-state index in [0.29, 0.717) is 12.1 Å². The van der Waals surface area contributed by atoms with Gasteiger partial charge in [-0.25, -0.2) is 0 Å². The first-order valence-electron chi connectivity index (χ1n) is 5.25. The Balaban J connectivity index is 1.90. The molecule has 0 radical (unpaired) electrons. The SMILES string of the molecule is O=C(NCc1ccc(C#CCO)s1)c1cn[nH]c1. The van der Waals surface area contributed by atoms with Crippen molar-refractivity contribution in [3.05, 3.63) is 39.8 Å². The van der Waals surface area contributed by atoms with Gasteiger partial charge >= 0.3 is 0 Å². The number of nitrogens with zero attached hydrogens (tertiary/aromatic N) is 1. The predicted molar refractivity (Wildman–Crippen MR) is 68.0 cm³/mol. The third-order valence-electron chi connectivity index (χ3n) is 2.14. The van der Waals surface area contributed by atoms with E-state index in [0.717, 1.165) is 9.75 Å². The highest BCUT2D eigenvalue weighted by molar-refractivity contribution is 7.12. The first-order chi connectivity index (χ1) is 8.79. The Kier molecular flexibility index (Phi) is 4.12. The van der Waals surface area contributed by atoms with E-state index >= 15 is 0 Å². The molecule has 0 saturated heterocycles. The van der Waals surface area contributed by atoms with E-state index in [1.165, 1.54) is 17.5 Å². The molecule has 0 saturated carbocycles. The summed E-state index contributed by atoms with van der Waals surface area (Å²) in [5, 5.41) is 17.7. The van der Waals surface area contributed by atoms with Crippen LogP contribution < -0.4 is 5.32 Å². The Morgan fingerprint density at radius 3 is 3.17 bits per heavy atom. The number of aliphatic hydroxyl groups excluding tert-OH is 1. The lowest BCUT2D eigenvalue weighted by molar-refractivity contribution is 0.0951. The molecule has 18 heavy (non-hydrogen) atoms. The normalized spacial score (nSPS) is 9.61. The minimum Gasteiger partial charge on any atom is -0.384 e. The zero-order valence-electron chi connectivity index (χ0n) is 9.43. The summed E-state index contributed by atoms with van der Waals surface area (Å²) in [7, 11) is 0. The van der Waals surface area contributed by atoms with Crippen LogP contribution in [0.1, 0.15) is 20.1 Å². The number of aromatic amines is 1. The zero-order valence-corrected chi connectivity index (χ0v) is 10.3. The third-order valence-corrected chi connectivity index (χ3v) is 3.14. The maximum Gasteiger partial charge on any atom is 0.254 e. The van der Waals surface area contributed by atoms with Gasteiger partial charge in [0.15, 0.2) is 0 Å². The molecule has 0 atom stereocenters. The number of amides is 1. The Hall–Kier alpha value is -2.10. The second-order valence-corrected chi connectivity index (χ2v) is 4.56. The molecule has 2 aromatic rings. The number of aliphatic hydroxyl groups is 1. The van der Waals surface area contributed by atoms with Gasteiger partial charge in [-0.15, -0.1) is 11.3 Å². The summed E-state index contributed by atoms with van der Waals surface area (Å²) >= 11 is 1.49. The average molecular weight is 261 g/mol. The van der Waals surface area contributed by atoms with E-state index in [-0.39, 0.29) is 12.5 Å². The molecule has 2 rings (SSSR count). The van der Waals surface area contributed by atoms with Crippen LogP contribution in [0.3, 0.4) is 0 Å². The summed E-state index contributed by atoms with van der Waals surface area (Å²) in [4.78, 5) is 13.5. The quantitative estimate of drug-likeness (QED) is 0.713. The Morgan fingerprint density at radius 2 is 2.44 bits per heavy atom. The van der Waals surface area contributed by atoms with Crippen LogP contribution in [0.4, 0.5) is 0 Å². The van der Waals surface area contributed by atoms with Gasteiger partial charge in [-0.3, -0.25) is 9.89 Å². The lowest BCUT2D eigenvalue weighted by Crippen LogP contribution is -2.21. The van der Waals surface area contributed by atoms with Crippen LogP contribution in [-0.2, 0) is 6.54 Å². The van der Waals surface area contributed by atoms with Crippen molar-refractivity contribution in [1.29, 1.82) is 0 Å². The number of hydrogen-bond acceptors (Lipinski definition) is 4. The van der Waals surface area contributed by atoms with E-state index < -0.39 is 0 Å². The van der Waals surface area contributed by atoms with E-state index in [1.54, 1.807) is 6.20 Å². The summed E-state index contributed by atoms with van der Waals surface area (Å²) in [5.74, 6) is 5.24. The summed E-state index contributed by atoms with van der Waals surface area (Å²) in [6.07, 6.45) is 3.02. The number of aromatic nitrogens is 2. The summed E-state index contributed by atoms with van der Waals surface area (Å²) in [6.45, 7) is 0.305. The second-order valence-electron chi connectivity index (χ2n) is 3.40. The monoisotopic (exact) mass is 261 g/mol. The Bertz CT molecular complexity index is 578. The molecule has 0 aliphatic carbocycles. The fourth-order valence-corrected chi connectivity index (χ4v) is 2.13. The molecule has 0 aliphatic heterocycles. The van der Waals surface area contributed by atoms with Crippen LogP contribution >= 0.6 is 11.3 Å². The van der Waals surface area contributed by atoms with E-state index in [2.05, 4.69) is 27.4 Å². The van der Waals surface area contributed by atoms with Gasteiger partial charge in [0, 0.05) is 11.1 Å². The number of rotatable bonds is 3. The highest BCUT2D eigenvalue weighted by Gasteiger charge is 2.06. The van der Waals surface area contributed by atoms with Crippen molar-refractivity contribution in [1.82, 2.24) is 15.5 Å². The molecular formula is C12H11N3O2S. The smallest absolute Gasteiger partial charge is 0.254 e. The number of H-pyrrole nitrogens is 1. The Morgan fingerprint density at radius 1 is 1.56 bits per heavy atom. The van der Waals surface area contributed by atoms with Gasteiger partial charge in [-0.2, -0.15) is 5.10 Å². The van der Waals surface area contributed by atoms with Crippen molar-refractivity contribution in [2.24, 2.45) is 0 Å². The number of carbonyl (C=O) groups excluding carboxylic acids is 1. The Labute approximate surface area is 108 Å². The van der Waals surface area contributed by atoms with Gasteiger partial charge in [0.05, 0.1) is 23.2 Å². The van der Waals surface area contributed by atoms with Crippen LogP contribution in [0.2, 0.25) is 0 Å². The standard InChI is InChI=1S/C12H11N3O2S/c16-5-1-2-10-3-4-11(18-10)8-13-12(17)9-6-14-15-7-9/h3-4,6-7,16H,5,8H2,(H,13,17)(H,14,15). The fourth-order valence-electron chi connectivity index (χ4n) is 1.31. The first kappa shape index (κ1) is 12.4. The second kappa shape index (κ2) is 6.00. The molecule has 5 nitrogen and oxygen atoms in total. The number of thiophene rings is 1. The molecule has 0 aliphatic rings.